The van der Waals surface area contributed by atoms with Gasteiger partial charge in [-0.1, -0.05) is 48.0 Å². The number of nitrogens with one attached hydrogen (secondary N) is 2. The summed E-state index contributed by atoms with van der Waals surface area (Å²) in [5.41, 5.74) is 4.52. The molecule has 200 valence electrons. The van der Waals surface area contributed by atoms with E-state index in [1.165, 1.54) is 11.1 Å². The van der Waals surface area contributed by atoms with Crippen molar-refractivity contribution in [3.05, 3.63) is 89.0 Å². The third kappa shape index (κ3) is 7.13. The molecular formula is C31H37N3O4. The fourth-order valence-electron chi connectivity index (χ4n) is 4.84. The minimum absolute atomic E-state index is 0.0378. The molecule has 1 aliphatic rings. The average Bonchev–Trinajstić information content (AvgIpc) is 2.94. The summed E-state index contributed by atoms with van der Waals surface area (Å²) in [5, 5.41) is 6.01. The number of benzene rings is 3. The first-order valence-corrected chi connectivity index (χ1v) is 13.1. The van der Waals surface area contributed by atoms with E-state index in [9.17, 15) is 9.59 Å². The van der Waals surface area contributed by atoms with Gasteiger partial charge in [0.25, 0.3) is 5.91 Å². The molecule has 0 spiro atoms. The maximum absolute atomic E-state index is 13.2. The van der Waals surface area contributed by atoms with Crippen LogP contribution < -0.4 is 20.1 Å². The highest BCUT2D eigenvalue weighted by molar-refractivity contribution is 6.04. The Hall–Kier alpha value is -3.84. The van der Waals surface area contributed by atoms with Crippen molar-refractivity contribution in [2.75, 3.05) is 39.2 Å². The Balaban J connectivity index is 1.33. The Morgan fingerprint density at radius 2 is 1.68 bits per heavy atom. The Morgan fingerprint density at radius 3 is 2.45 bits per heavy atom. The number of methoxy groups -OCH3 is 2. The molecule has 1 heterocycles. The number of nitrogens with zero attached hydrogens (tertiary/aromatic N) is 1. The normalized spacial score (nSPS) is 15.5. The van der Waals surface area contributed by atoms with Crippen molar-refractivity contribution in [2.45, 2.75) is 32.7 Å². The molecule has 0 radical (unpaired) electrons. The minimum Gasteiger partial charge on any atom is -0.493 e. The van der Waals surface area contributed by atoms with Gasteiger partial charge in [0.2, 0.25) is 5.91 Å². The molecule has 2 N–H and O–H groups in total. The maximum atomic E-state index is 13.2. The van der Waals surface area contributed by atoms with Gasteiger partial charge >= 0.3 is 0 Å². The number of hydrogen-bond acceptors (Lipinski definition) is 5. The molecule has 38 heavy (non-hydrogen) atoms. The van der Waals surface area contributed by atoms with Crippen LogP contribution in [0.1, 0.15) is 39.9 Å². The number of rotatable bonds is 10. The van der Waals surface area contributed by atoms with Gasteiger partial charge in [-0.25, -0.2) is 0 Å². The molecule has 1 aliphatic heterocycles. The smallest absolute Gasteiger partial charge is 0.253 e. The van der Waals surface area contributed by atoms with Crippen LogP contribution in [0.15, 0.2) is 66.7 Å². The van der Waals surface area contributed by atoms with Crippen molar-refractivity contribution in [1.29, 1.82) is 0 Å². The molecule has 1 saturated heterocycles. The van der Waals surface area contributed by atoms with E-state index in [4.69, 9.17) is 9.47 Å². The summed E-state index contributed by atoms with van der Waals surface area (Å²) < 4.78 is 10.6. The van der Waals surface area contributed by atoms with E-state index in [2.05, 4.69) is 46.7 Å². The molecule has 1 atom stereocenters. The van der Waals surface area contributed by atoms with Crippen LogP contribution in [-0.2, 0) is 17.8 Å². The highest BCUT2D eigenvalue weighted by Gasteiger charge is 2.26. The molecule has 3 aromatic rings. The Morgan fingerprint density at radius 1 is 0.947 bits per heavy atom. The summed E-state index contributed by atoms with van der Waals surface area (Å²) in [4.78, 5) is 28.5. The summed E-state index contributed by atoms with van der Waals surface area (Å²) in [7, 11) is 3.20. The molecule has 3 aromatic carbocycles. The van der Waals surface area contributed by atoms with Gasteiger partial charge in [0, 0.05) is 19.6 Å². The zero-order valence-corrected chi connectivity index (χ0v) is 22.5. The second-order valence-electron chi connectivity index (χ2n) is 9.79. The van der Waals surface area contributed by atoms with Crippen LogP contribution in [0.25, 0.3) is 0 Å². The number of para-hydroxylation sites is 1. The van der Waals surface area contributed by atoms with Crippen molar-refractivity contribution in [1.82, 2.24) is 10.2 Å². The summed E-state index contributed by atoms with van der Waals surface area (Å²) in [6.45, 7) is 5.06. The lowest BCUT2D eigenvalue weighted by Gasteiger charge is -2.32. The van der Waals surface area contributed by atoms with Gasteiger partial charge in [-0.15, -0.1) is 0 Å². The lowest BCUT2D eigenvalue weighted by molar-refractivity contribution is -0.121. The van der Waals surface area contributed by atoms with Crippen LogP contribution in [0.2, 0.25) is 0 Å². The number of aryl methyl sites for hydroxylation is 1. The highest BCUT2D eigenvalue weighted by Crippen LogP contribution is 2.27. The average molecular weight is 516 g/mol. The quantitative estimate of drug-likeness (QED) is 0.404. The van der Waals surface area contributed by atoms with Gasteiger partial charge in [-0.3, -0.25) is 14.5 Å². The van der Waals surface area contributed by atoms with E-state index >= 15 is 0 Å². The summed E-state index contributed by atoms with van der Waals surface area (Å²) >= 11 is 0. The van der Waals surface area contributed by atoms with Crippen molar-refractivity contribution in [2.24, 2.45) is 5.92 Å². The standard InChI is InChI=1S/C31H37N3O4/c1-22-10-12-24(13-11-22)20-34-18-6-7-25(21-34)30(35)33-27-9-5-4-8-26(27)31(36)32-17-16-23-14-15-28(37-2)29(19-23)38-3/h4-5,8-15,19,25H,6-7,16-18,20-21H2,1-3H3,(H,32,36)(H,33,35). The monoisotopic (exact) mass is 515 g/mol. The molecule has 7 nitrogen and oxygen atoms in total. The maximum Gasteiger partial charge on any atom is 0.253 e. The number of ether oxygens (including phenoxy) is 2. The molecule has 0 aliphatic carbocycles. The zero-order valence-electron chi connectivity index (χ0n) is 22.5. The highest BCUT2D eigenvalue weighted by atomic mass is 16.5. The van der Waals surface area contributed by atoms with Gasteiger partial charge < -0.3 is 20.1 Å². The van der Waals surface area contributed by atoms with Crippen LogP contribution in [0, 0.1) is 12.8 Å². The van der Waals surface area contributed by atoms with Crippen LogP contribution in [0.4, 0.5) is 5.69 Å². The predicted octanol–water partition coefficient (Wildman–Crippen LogP) is 4.84. The van der Waals surface area contributed by atoms with Crippen LogP contribution in [0.5, 0.6) is 11.5 Å². The lowest BCUT2D eigenvalue weighted by Crippen LogP contribution is -2.40. The molecule has 7 heteroatoms. The summed E-state index contributed by atoms with van der Waals surface area (Å²) in [6.07, 6.45) is 2.46. The Kier molecular flexibility index (Phi) is 9.38. The van der Waals surface area contributed by atoms with Gasteiger partial charge in [-0.2, -0.15) is 0 Å². The molecule has 4 rings (SSSR count). The summed E-state index contributed by atoms with van der Waals surface area (Å²) in [6, 6.07) is 21.4. The molecule has 0 aromatic heterocycles. The predicted molar refractivity (Wildman–Crippen MR) is 150 cm³/mol. The lowest BCUT2D eigenvalue weighted by atomic mass is 9.96. The third-order valence-corrected chi connectivity index (χ3v) is 6.98. The van der Waals surface area contributed by atoms with E-state index in [-0.39, 0.29) is 17.7 Å². The van der Waals surface area contributed by atoms with Gasteiger partial charge in [0.15, 0.2) is 11.5 Å². The van der Waals surface area contributed by atoms with Gasteiger partial charge in [-0.05, 0) is 68.1 Å². The fraction of sp³-hybridized carbons (Fsp3) is 0.355. The van der Waals surface area contributed by atoms with E-state index < -0.39 is 0 Å². The Labute approximate surface area is 225 Å². The number of piperidine rings is 1. The SMILES string of the molecule is COc1ccc(CCNC(=O)c2ccccc2NC(=O)C2CCCN(Cc3ccc(C)cc3)C2)cc1OC. The third-order valence-electron chi connectivity index (χ3n) is 6.98. The number of amides is 2. The minimum atomic E-state index is -0.217. The summed E-state index contributed by atoms with van der Waals surface area (Å²) in [5.74, 6) is 0.955. The first-order chi connectivity index (χ1) is 18.5. The van der Waals surface area contributed by atoms with Gasteiger partial charge in [0.05, 0.1) is 31.4 Å². The van der Waals surface area contributed by atoms with Crippen molar-refractivity contribution in [3.63, 3.8) is 0 Å². The van der Waals surface area contributed by atoms with E-state index in [1.807, 2.05) is 30.3 Å². The number of likely N-dealkylation sites (tertiary alicyclic amines) is 1. The van der Waals surface area contributed by atoms with E-state index in [0.717, 1.165) is 31.5 Å². The Bertz CT molecular complexity index is 1240. The second-order valence-corrected chi connectivity index (χ2v) is 9.79. The largest absolute Gasteiger partial charge is 0.493 e. The van der Waals surface area contributed by atoms with Crippen LogP contribution >= 0.6 is 0 Å². The molecule has 0 bridgehead atoms. The van der Waals surface area contributed by atoms with Crippen molar-refractivity contribution >= 4 is 17.5 Å². The van der Waals surface area contributed by atoms with Crippen molar-refractivity contribution in [3.8, 4) is 11.5 Å². The van der Waals surface area contributed by atoms with Gasteiger partial charge in [0.1, 0.15) is 0 Å². The second kappa shape index (κ2) is 13.1. The first kappa shape index (κ1) is 27.2. The zero-order chi connectivity index (χ0) is 26.9. The molecular weight excluding hydrogens is 478 g/mol. The van der Waals surface area contributed by atoms with Crippen molar-refractivity contribution < 1.29 is 19.1 Å². The van der Waals surface area contributed by atoms with E-state index in [1.54, 1.807) is 26.4 Å². The number of anilines is 1. The van der Waals surface area contributed by atoms with E-state index in [0.29, 0.717) is 42.3 Å². The fourth-order valence-corrected chi connectivity index (χ4v) is 4.84. The number of carbonyl (C=O) groups excluding carboxylic acids is 2. The van der Waals surface area contributed by atoms with Crippen LogP contribution in [0.3, 0.4) is 0 Å². The van der Waals surface area contributed by atoms with Crippen LogP contribution in [-0.4, -0.2) is 50.6 Å². The molecule has 0 saturated carbocycles. The molecule has 1 fully saturated rings. The topological polar surface area (TPSA) is 79.9 Å². The first-order valence-electron chi connectivity index (χ1n) is 13.1. The number of carbonyl (C=O) groups is 2. The molecule has 1 unspecified atom stereocenters. The molecule has 2 amide bonds. The number of hydrogen-bond donors (Lipinski definition) is 2.